The van der Waals surface area contributed by atoms with Gasteiger partial charge >= 0.3 is 12.0 Å². The molecule has 0 aliphatic rings. The Morgan fingerprint density at radius 2 is 1.44 bits per heavy atom. The Hall–Kier alpha value is -3.61. The van der Waals surface area contributed by atoms with Gasteiger partial charge in [-0.3, -0.25) is 4.79 Å². The molecule has 0 saturated heterocycles. The highest BCUT2D eigenvalue weighted by Gasteiger charge is 2.28. The third kappa shape index (κ3) is 5.30. The standard InChI is InChI=1S/C24H21F2N3O5S2/c1-12(2)22(23(30)31)29-36(33,34)15-5-7-17-16-6-3-14(10-20(16)35-21(17)11-15)28-24(32)27-13-4-8-18(25)19(26)9-13/h3-12,22,29H,1-2H3,(H,30,31)(H2,27,28,32)/t22-/m1/s1. The van der Waals surface area contributed by atoms with Gasteiger partial charge in [-0.2, -0.15) is 4.72 Å². The van der Waals surface area contributed by atoms with Gasteiger partial charge in [-0.1, -0.05) is 26.0 Å². The Morgan fingerprint density at radius 1 is 0.861 bits per heavy atom. The summed E-state index contributed by atoms with van der Waals surface area (Å²) in [6, 6.07) is 10.8. The van der Waals surface area contributed by atoms with Gasteiger partial charge in [0.25, 0.3) is 0 Å². The summed E-state index contributed by atoms with van der Waals surface area (Å²) in [6.45, 7) is 3.22. The SMILES string of the molecule is CC(C)[C@@H](NS(=O)(=O)c1ccc2c(c1)sc1cc(NC(=O)Nc3ccc(F)c(F)c3)ccc12)C(=O)O. The molecule has 0 radical (unpaired) electrons. The van der Waals surface area contributed by atoms with E-state index in [0.29, 0.717) is 10.4 Å². The number of rotatable bonds is 7. The number of fused-ring (bicyclic) bond motifs is 3. The number of sulfonamides is 1. The van der Waals surface area contributed by atoms with E-state index in [4.69, 9.17) is 0 Å². The zero-order valence-electron chi connectivity index (χ0n) is 19.0. The second kappa shape index (κ2) is 9.80. The average molecular weight is 534 g/mol. The first-order valence-corrected chi connectivity index (χ1v) is 13.0. The van der Waals surface area contributed by atoms with Crippen LogP contribution in [0, 0.1) is 17.6 Å². The topological polar surface area (TPSA) is 125 Å². The fourth-order valence-corrected chi connectivity index (χ4v) is 6.20. The molecule has 0 aliphatic carbocycles. The van der Waals surface area contributed by atoms with E-state index < -0.39 is 45.6 Å². The predicted molar refractivity (Wildman–Crippen MR) is 135 cm³/mol. The summed E-state index contributed by atoms with van der Waals surface area (Å²) in [6.07, 6.45) is 0. The van der Waals surface area contributed by atoms with Crippen molar-refractivity contribution in [3.8, 4) is 0 Å². The highest BCUT2D eigenvalue weighted by Crippen LogP contribution is 2.36. The van der Waals surface area contributed by atoms with Crippen molar-refractivity contribution in [1.29, 1.82) is 0 Å². The van der Waals surface area contributed by atoms with Crippen LogP contribution in [-0.4, -0.2) is 31.6 Å². The van der Waals surface area contributed by atoms with E-state index in [1.807, 2.05) is 0 Å². The molecule has 0 spiro atoms. The maximum atomic E-state index is 13.4. The zero-order chi connectivity index (χ0) is 26.2. The summed E-state index contributed by atoms with van der Waals surface area (Å²) in [5.74, 6) is -3.82. The fraction of sp³-hybridized carbons (Fsp3) is 0.167. The molecule has 0 saturated carbocycles. The normalized spacial score (nSPS) is 12.7. The van der Waals surface area contributed by atoms with Crippen molar-refractivity contribution < 1.29 is 31.9 Å². The Morgan fingerprint density at radius 3 is 2.06 bits per heavy atom. The number of urea groups is 1. The number of carbonyl (C=O) groups is 2. The molecular formula is C24H21F2N3O5S2. The summed E-state index contributed by atoms with van der Waals surface area (Å²) >= 11 is 1.30. The van der Waals surface area contributed by atoms with Crippen LogP contribution in [0.5, 0.6) is 0 Å². The number of hydrogen-bond donors (Lipinski definition) is 4. The monoisotopic (exact) mass is 533 g/mol. The van der Waals surface area contributed by atoms with Crippen LogP contribution < -0.4 is 15.4 Å². The Balaban J connectivity index is 1.57. The maximum absolute atomic E-state index is 13.4. The predicted octanol–water partition coefficient (Wildman–Crippen LogP) is 5.36. The lowest BCUT2D eigenvalue weighted by Crippen LogP contribution is -2.44. The number of nitrogens with one attached hydrogen (secondary N) is 3. The van der Waals surface area contributed by atoms with Crippen LogP contribution in [0.4, 0.5) is 25.0 Å². The number of carbonyl (C=O) groups excluding carboxylic acids is 1. The molecule has 3 aromatic carbocycles. The summed E-state index contributed by atoms with van der Waals surface area (Å²) in [7, 11) is -4.08. The van der Waals surface area contributed by atoms with Crippen molar-refractivity contribution in [2.45, 2.75) is 24.8 Å². The molecular weight excluding hydrogens is 512 g/mol. The molecule has 8 nitrogen and oxygen atoms in total. The minimum Gasteiger partial charge on any atom is -0.480 e. The summed E-state index contributed by atoms with van der Waals surface area (Å²) in [5.41, 5.74) is 0.518. The number of halogens is 2. The second-order valence-electron chi connectivity index (χ2n) is 8.36. The highest BCUT2D eigenvalue weighted by molar-refractivity contribution is 7.89. The molecule has 0 aliphatic heterocycles. The number of carboxylic acid groups (broad SMARTS) is 1. The first-order chi connectivity index (χ1) is 16.9. The van der Waals surface area contributed by atoms with Gasteiger partial charge in [-0.25, -0.2) is 22.0 Å². The molecule has 4 N–H and O–H groups in total. The number of hydrogen-bond acceptors (Lipinski definition) is 5. The second-order valence-corrected chi connectivity index (χ2v) is 11.2. The molecule has 0 unspecified atom stereocenters. The molecule has 1 heterocycles. The van der Waals surface area contributed by atoms with Gasteiger partial charge in [0.2, 0.25) is 10.0 Å². The van der Waals surface area contributed by atoms with Gasteiger partial charge in [0, 0.05) is 37.6 Å². The molecule has 2 amide bonds. The molecule has 4 aromatic rings. The van der Waals surface area contributed by atoms with Crippen LogP contribution in [0.25, 0.3) is 20.2 Å². The highest BCUT2D eigenvalue weighted by atomic mass is 32.2. The Labute approximate surface area is 209 Å². The lowest BCUT2D eigenvalue weighted by atomic mass is 10.1. The van der Waals surface area contributed by atoms with Crippen molar-refractivity contribution >= 4 is 64.9 Å². The summed E-state index contributed by atoms with van der Waals surface area (Å²) in [4.78, 5) is 23.6. The van der Waals surface area contributed by atoms with Crippen molar-refractivity contribution in [3.63, 3.8) is 0 Å². The number of anilines is 2. The number of thiophene rings is 1. The number of benzene rings is 3. The molecule has 1 aromatic heterocycles. The Bertz CT molecular complexity index is 1600. The first-order valence-electron chi connectivity index (χ1n) is 10.7. The Kier molecular flexibility index (Phi) is 6.94. The molecule has 188 valence electrons. The van der Waals surface area contributed by atoms with Gasteiger partial charge in [0.05, 0.1) is 4.90 Å². The maximum Gasteiger partial charge on any atom is 0.323 e. The lowest BCUT2D eigenvalue weighted by molar-refractivity contribution is -0.140. The smallest absolute Gasteiger partial charge is 0.323 e. The average Bonchev–Trinajstić information content (AvgIpc) is 3.16. The van der Waals surface area contributed by atoms with E-state index in [-0.39, 0.29) is 10.6 Å². The first kappa shape index (κ1) is 25.5. The van der Waals surface area contributed by atoms with E-state index in [9.17, 15) is 31.9 Å². The molecule has 0 bridgehead atoms. The quantitative estimate of drug-likeness (QED) is 0.254. The minimum atomic E-state index is -4.08. The third-order valence-corrected chi connectivity index (χ3v) is 7.96. The zero-order valence-corrected chi connectivity index (χ0v) is 20.6. The molecule has 12 heteroatoms. The van der Waals surface area contributed by atoms with E-state index in [1.54, 1.807) is 38.1 Å². The number of amides is 2. The summed E-state index contributed by atoms with van der Waals surface area (Å²) in [5, 5.41) is 16.0. The van der Waals surface area contributed by atoms with E-state index in [2.05, 4.69) is 15.4 Å². The van der Waals surface area contributed by atoms with E-state index >= 15 is 0 Å². The molecule has 1 atom stereocenters. The van der Waals surface area contributed by atoms with Crippen molar-refractivity contribution in [2.24, 2.45) is 5.92 Å². The van der Waals surface area contributed by atoms with Gasteiger partial charge < -0.3 is 15.7 Å². The van der Waals surface area contributed by atoms with Crippen LogP contribution in [0.2, 0.25) is 0 Å². The number of aliphatic carboxylic acids is 1. The van der Waals surface area contributed by atoms with Crippen molar-refractivity contribution in [1.82, 2.24) is 4.72 Å². The van der Waals surface area contributed by atoms with Crippen molar-refractivity contribution in [2.75, 3.05) is 10.6 Å². The van der Waals surface area contributed by atoms with Crippen LogP contribution in [0.3, 0.4) is 0 Å². The van der Waals surface area contributed by atoms with Crippen LogP contribution in [-0.2, 0) is 14.8 Å². The number of carboxylic acids is 1. The van der Waals surface area contributed by atoms with Gasteiger partial charge in [0.1, 0.15) is 6.04 Å². The lowest BCUT2D eigenvalue weighted by Gasteiger charge is -2.18. The molecule has 0 fully saturated rings. The van der Waals surface area contributed by atoms with Crippen molar-refractivity contribution in [3.05, 3.63) is 66.2 Å². The van der Waals surface area contributed by atoms with E-state index in [0.717, 1.165) is 27.6 Å². The third-order valence-electron chi connectivity index (χ3n) is 5.41. The van der Waals surface area contributed by atoms with Gasteiger partial charge in [-0.05, 0) is 42.3 Å². The van der Waals surface area contributed by atoms with Crippen LogP contribution >= 0.6 is 11.3 Å². The minimum absolute atomic E-state index is 0.0577. The largest absolute Gasteiger partial charge is 0.480 e. The van der Waals surface area contributed by atoms with Crippen LogP contribution in [0.15, 0.2) is 59.5 Å². The van der Waals surface area contributed by atoms with Gasteiger partial charge in [0.15, 0.2) is 11.6 Å². The van der Waals surface area contributed by atoms with Gasteiger partial charge in [-0.15, -0.1) is 11.3 Å². The molecule has 4 rings (SSSR count). The van der Waals surface area contributed by atoms with E-state index in [1.165, 1.54) is 29.5 Å². The summed E-state index contributed by atoms with van der Waals surface area (Å²) < 4.78 is 55.7. The van der Waals surface area contributed by atoms with Crippen LogP contribution in [0.1, 0.15) is 13.8 Å². The molecule has 36 heavy (non-hydrogen) atoms. The fourth-order valence-electron chi connectivity index (χ4n) is 3.58.